The summed E-state index contributed by atoms with van der Waals surface area (Å²) >= 11 is 0. The molecule has 0 atom stereocenters. The first kappa shape index (κ1) is 8.39. The summed E-state index contributed by atoms with van der Waals surface area (Å²) in [7, 11) is 5.15. The number of rotatable bonds is 3. The van der Waals surface area contributed by atoms with Gasteiger partial charge < -0.3 is 4.84 Å². The van der Waals surface area contributed by atoms with Gasteiger partial charge in [0, 0.05) is 7.05 Å². The van der Waals surface area contributed by atoms with Gasteiger partial charge in [-0.05, 0) is 14.1 Å². The Balaban J connectivity index is 3.27. The van der Waals surface area contributed by atoms with E-state index in [2.05, 4.69) is 10.3 Å². The van der Waals surface area contributed by atoms with Crippen molar-refractivity contribution in [1.82, 2.24) is 10.4 Å². The number of nitrogens with one attached hydrogen (secondary N) is 1. The number of hydrogen-bond donors (Lipinski definition) is 1. The van der Waals surface area contributed by atoms with Gasteiger partial charge in [-0.2, -0.15) is 5.48 Å². The average molecular weight is 132 g/mol. The van der Waals surface area contributed by atoms with E-state index in [-0.39, 0.29) is 5.97 Å². The fraction of sp³-hybridized carbons (Fsp3) is 0.800. The number of carbonyl (C=O) groups excluding carboxylic acids is 1. The standard InChI is InChI=1S/C5H12N2O2/c1-6-9-5(8)4-7(2)3/h6H,4H2,1-3H3. The Labute approximate surface area is 54.7 Å². The lowest BCUT2D eigenvalue weighted by Gasteiger charge is -2.06. The summed E-state index contributed by atoms with van der Waals surface area (Å²) in [5, 5.41) is 0. The predicted molar refractivity (Wildman–Crippen MR) is 33.7 cm³/mol. The second-order valence-electron chi connectivity index (χ2n) is 1.92. The summed E-state index contributed by atoms with van der Waals surface area (Å²) in [6.45, 7) is 0.306. The molecule has 0 aromatic carbocycles. The van der Waals surface area contributed by atoms with Gasteiger partial charge in [0.15, 0.2) is 0 Å². The predicted octanol–water partition coefficient (Wildman–Crippen LogP) is -0.774. The van der Waals surface area contributed by atoms with Crippen LogP contribution in [0.25, 0.3) is 0 Å². The van der Waals surface area contributed by atoms with Crippen molar-refractivity contribution < 1.29 is 9.63 Å². The molecule has 0 aliphatic heterocycles. The third kappa shape index (κ3) is 5.26. The van der Waals surface area contributed by atoms with Gasteiger partial charge >= 0.3 is 5.97 Å². The second kappa shape index (κ2) is 4.29. The lowest BCUT2D eigenvalue weighted by Crippen LogP contribution is -2.27. The molecule has 0 aliphatic carbocycles. The van der Waals surface area contributed by atoms with Crippen LogP contribution in [0.5, 0.6) is 0 Å². The van der Waals surface area contributed by atoms with Crippen molar-refractivity contribution in [1.29, 1.82) is 0 Å². The van der Waals surface area contributed by atoms with Gasteiger partial charge in [-0.3, -0.25) is 4.90 Å². The van der Waals surface area contributed by atoms with E-state index in [4.69, 9.17) is 0 Å². The molecule has 4 heteroatoms. The molecule has 0 fully saturated rings. The molecule has 0 amide bonds. The Morgan fingerprint density at radius 3 is 2.56 bits per heavy atom. The van der Waals surface area contributed by atoms with Crippen LogP contribution in [-0.4, -0.2) is 38.6 Å². The van der Waals surface area contributed by atoms with Crippen LogP contribution >= 0.6 is 0 Å². The minimum Gasteiger partial charge on any atom is -0.370 e. The lowest BCUT2D eigenvalue weighted by atomic mass is 10.6. The normalized spacial score (nSPS) is 9.78. The maximum absolute atomic E-state index is 10.5. The first-order valence-corrected chi connectivity index (χ1v) is 2.68. The number of hydrogen-bond acceptors (Lipinski definition) is 4. The molecule has 1 N–H and O–H groups in total. The Morgan fingerprint density at radius 1 is 1.67 bits per heavy atom. The SMILES string of the molecule is CNOC(=O)CN(C)C. The molecule has 0 aromatic heterocycles. The van der Waals surface area contributed by atoms with Crippen LogP contribution in [0.1, 0.15) is 0 Å². The highest BCUT2D eigenvalue weighted by atomic mass is 16.7. The monoisotopic (exact) mass is 132 g/mol. The summed E-state index contributed by atoms with van der Waals surface area (Å²) in [5.41, 5.74) is 2.30. The molecule has 0 spiro atoms. The van der Waals surface area contributed by atoms with Gasteiger partial charge in [0.05, 0.1) is 6.54 Å². The Hall–Kier alpha value is -0.610. The van der Waals surface area contributed by atoms with Gasteiger partial charge in [-0.15, -0.1) is 0 Å². The molecular weight excluding hydrogens is 120 g/mol. The van der Waals surface area contributed by atoms with Crippen LogP contribution in [0.15, 0.2) is 0 Å². The van der Waals surface area contributed by atoms with Gasteiger partial charge in [0.25, 0.3) is 0 Å². The van der Waals surface area contributed by atoms with Crippen molar-refractivity contribution in [2.45, 2.75) is 0 Å². The molecule has 0 aliphatic rings. The van der Waals surface area contributed by atoms with Crippen molar-refractivity contribution in [3.63, 3.8) is 0 Å². The Morgan fingerprint density at radius 2 is 2.22 bits per heavy atom. The molecule has 0 saturated carbocycles. The number of likely N-dealkylation sites (N-methyl/N-ethyl adjacent to an activating group) is 1. The maximum Gasteiger partial charge on any atom is 0.338 e. The van der Waals surface area contributed by atoms with Crippen LogP contribution in [0.3, 0.4) is 0 Å². The molecule has 0 aromatic rings. The van der Waals surface area contributed by atoms with E-state index >= 15 is 0 Å². The summed E-state index contributed by atoms with van der Waals surface area (Å²) in [6, 6.07) is 0. The van der Waals surface area contributed by atoms with E-state index in [9.17, 15) is 4.79 Å². The highest BCUT2D eigenvalue weighted by Crippen LogP contribution is 1.76. The van der Waals surface area contributed by atoms with E-state index in [1.165, 1.54) is 0 Å². The second-order valence-corrected chi connectivity index (χ2v) is 1.92. The molecule has 0 radical (unpaired) electrons. The first-order chi connectivity index (χ1) is 4.16. The minimum absolute atomic E-state index is 0.275. The Bertz CT molecular complexity index is 93.0. The number of carbonyl (C=O) groups is 1. The van der Waals surface area contributed by atoms with E-state index in [1.807, 2.05) is 0 Å². The molecule has 54 valence electrons. The molecule has 4 nitrogen and oxygen atoms in total. The third-order valence-corrected chi connectivity index (χ3v) is 0.661. The topological polar surface area (TPSA) is 41.6 Å². The molecular formula is C5H12N2O2. The van der Waals surface area contributed by atoms with Crippen LogP contribution < -0.4 is 5.48 Å². The van der Waals surface area contributed by atoms with Gasteiger partial charge in [-0.1, -0.05) is 0 Å². The number of nitrogens with zero attached hydrogens (tertiary/aromatic N) is 1. The Kier molecular flexibility index (Phi) is 4.00. The average Bonchev–Trinajstić information content (AvgIpc) is 1.63. The van der Waals surface area contributed by atoms with E-state index in [0.29, 0.717) is 6.54 Å². The van der Waals surface area contributed by atoms with Crippen molar-refractivity contribution in [2.75, 3.05) is 27.7 Å². The molecule has 0 saturated heterocycles. The largest absolute Gasteiger partial charge is 0.370 e. The molecule has 0 bridgehead atoms. The first-order valence-electron chi connectivity index (χ1n) is 2.68. The van der Waals surface area contributed by atoms with Gasteiger partial charge in [0.2, 0.25) is 0 Å². The zero-order valence-corrected chi connectivity index (χ0v) is 5.97. The molecule has 9 heavy (non-hydrogen) atoms. The van der Waals surface area contributed by atoms with Crippen LogP contribution in [0, 0.1) is 0 Å². The number of hydroxylamine groups is 1. The van der Waals surface area contributed by atoms with Crippen LogP contribution in [0.2, 0.25) is 0 Å². The molecule has 0 unspecified atom stereocenters. The van der Waals surface area contributed by atoms with Crippen LogP contribution in [0.4, 0.5) is 0 Å². The molecule has 0 heterocycles. The van der Waals surface area contributed by atoms with Crippen molar-refractivity contribution >= 4 is 5.97 Å². The van der Waals surface area contributed by atoms with Crippen molar-refractivity contribution in [2.24, 2.45) is 0 Å². The fourth-order valence-corrected chi connectivity index (χ4v) is 0.404. The molecule has 0 rings (SSSR count). The highest BCUT2D eigenvalue weighted by Gasteiger charge is 2.01. The van der Waals surface area contributed by atoms with Crippen molar-refractivity contribution in [3.8, 4) is 0 Å². The van der Waals surface area contributed by atoms with Gasteiger partial charge in [-0.25, -0.2) is 4.79 Å². The maximum atomic E-state index is 10.5. The minimum atomic E-state index is -0.275. The zero-order chi connectivity index (χ0) is 7.28. The van der Waals surface area contributed by atoms with Gasteiger partial charge in [0.1, 0.15) is 0 Å². The highest BCUT2D eigenvalue weighted by molar-refractivity contribution is 5.71. The van der Waals surface area contributed by atoms with Crippen LogP contribution in [-0.2, 0) is 9.63 Å². The summed E-state index contributed by atoms with van der Waals surface area (Å²) in [6.07, 6.45) is 0. The smallest absolute Gasteiger partial charge is 0.338 e. The summed E-state index contributed by atoms with van der Waals surface area (Å²) < 4.78 is 0. The van der Waals surface area contributed by atoms with E-state index in [1.54, 1.807) is 26.0 Å². The summed E-state index contributed by atoms with van der Waals surface area (Å²) in [4.78, 5) is 16.7. The fourth-order valence-electron chi connectivity index (χ4n) is 0.404. The zero-order valence-electron chi connectivity index (χ0n) is 5.97. The lowest BCUT2D eigenvalue weighted by molar-refractivity contribution is -0.150. The van der Waals surface area contributed by atoms with E-state index in [0.717, 1.165) is 0 Å². The van der Waals surface area contributed by atoms with Crippen molar-refractivity contribution in [3.05, 3.63) is 0 Å². The quantitative estimate of drug-likeness (QED) is 0.512. The third-order valence-electron chi connectivity index (χ3n) is 0.661. The van der Waals surface area contributed by atoms with E-state index < -0.39 is 0 Å². The summed E-state index contributed by atoms with van der Waals surface area (Å²) in [5.74, 6) is -0.275.